The van der Waals surface area contributed by atoms with Crippen molar-refractivity contribution < 1.29 is 9.59 Å². The molecule has 0 saturated carbocycles. The molecule has 0 aliphatic heterocycles. The van der Waals surface area contributed by atoms with Gasteiger partial charge in [-0.15, -0.1) is 0 Å². The average molecular weight is 358 g/mol. The zero-order valence-corrected chi connectivity index (χ0v) is 15.2. The van der Waals surface area contributed by atoms with Crippen LogP contribution in [0.15, 0.2) is 84.9 Å². The molecule has 3 aromatic rings. The Balaban J connectivity index is 1.82. The van der Waals surface area contributed by atoms with Gasteiger partial charge < -0.3 is 10.6 Å². The lowest BCUT2D eigenvalue weighted by molar-refractivity contribution is -0.116. The van der Waals surface area contributed by atoms with Crippen LogP contribution in [0.3, 0.4) is 0 Å². The summed E-state index contributed by atoms with van der Waals surface area (Å²) in [5, 5.41) is 5.72. The zero-order chi connectivity index (χ0) is 19.1. The first kappa shape index (κ1) is 18.4. The predicted molar refractivity (Wildman–Crippen MR) is 108 cm³/mol. The number of benzene rings is 3. The smallest absolute Gasteiger partial charge is 0.251 e. The molecule has 0 aliphatic rings. The Labute approximate surface area is 159 Å². The molecule has 0 saturated heterocycles. The molecule has 0 radical (unpaired) electrons. The number of rotatable bonds is 6. The number of nitrogens with one attached hydrogen (secondary N) is 2. The van der Waals surface area contributed by atoms with Crippen molar-refractivity contribution in [1.29, 1.82) is 0 Å². The van der Waals surface area contributed by atoms with Crippen LogP contribution in [0.4, 0.5) is 5.69 Å². The molecule has 0 heterocycles. The average Bonchev–Trinajstić information content (AvgIpc) is 2.70. The number of anilines is 1. The monoisotopic (exact) mass is 358 g/mol. The van der Waals surface area contributed by atoms with Gasteiger partial charge in [0.2, 0.25) is 5.91 Å². The lowest BCUT2D eigenvalue weighted by Gasteiger charge is -2.18. The quantitative estimate of drug-likeness (QED) is 0.693. The van der Waals surface area contributed by atoms with E-state index >= 15 is 0 Å². The first-order valence-corrected chi connectivity index (χ1v) is 8.98. The summed E-state index contributed by atoms with van der Waals surface area (Å²) in [5.74, 6) is -0.643. The molecule has 0 bridgehead atoms. The maximum absolute atomic E-state index is 13.0. The van der Waals surface area contributed by atoms with E-state index in [0.29, 0.717) is 17.8 Å². The number of hydrogen-bond acceptors (Lipinski definition) is 2. The van der Waals surface area contributed by atoms with Gasteiger partial charge in [-0.2, -0.15) is 0 Å². The van der Waals surface area contributed by atoms with Crippen molar-refractivity contribution in [2.24, 2.45) is 0 Å². The summed E-state index contributed by atoms with van der Waals surface area (Å²) < 4.78 is 0. The molecule has 4 nitrogen and oxygen atoms in total. The predicted octanol–water partition coefficient (Wildman–Crippen LogP) is 4.21. The molecule has 2 amide bonds. The van der Waals surface area contributed by atoms with E-state index in [1.807, 2.05) is 67.6 Å². The van der Waals surface area contributed by atoms with Crippen molar-refractivity contribution in [3.05, 3.63) is 102 Å². The van der Waals surface area contributed by atoms with Crippen molar-refractivity contribution in [3.8, 4) is 0 Å². The maximum atomic E-state index is 13.0. The van der Waals surface area contributed by atoms with E-state index in [1.54, 1.807) is 24.3 Å². The Hall–Kier alpha value is -3.40. The summed E-state index contributed by atoms with van der Waals surface area (Å²) in [6, 6.07) is 26.3. The van der Waals surface area contributed by atoms with Crippen LogP contribution < -0.4 is 10.6 Å². The molecule has 4 heteroatoms. The van der Waals surface area contributed by atoms with Gasteiger partial charge in [0.25, 0.3) is 5.91 Å². The third kappa shape index (κ3) is 4.61. The van der Waals surface area contributed by atoms with Gasteiger partial charge in [0.1, 0.15) is 0 Å². The minimum absolute atomic E-state index is 0.113. The van der Waals surface area contributed by atoms with Crippen LogP contribution in [0.1, 0.15) is 34.3 Å². The van der Waals surface area contributed by atoms with Crippen molar-refractivity contribution in [3.63, 3.8) is 0 Å². The highest BCUT2D eigenvalue weighted by molar-refractivity contribution is 5.99. The second-order valence-corrected chi connectivity index (χ2v) is 6.18. The minimum atomic E-state index is -0.407. The third-order valence-electron chi connectivity index (χ3n) is 4.28. The number of amides is 2. The Kier molecular flexibility index (Phi) is 6.00. The standard InChI is InChI=1S/C23H22N2O2/c1-2-24-22(26)19-13-15-20(16-14-19)25-23(27)21(17-9-5-3-6-10-17)18-11-7-4-8-12-18/h3-16,21H,2H2,1H3,(H,24,26)(H,25,27). The summed E-state index contributed by atoms with van der Waals surface area (Å²) in [5.41, 5.74) is 3.09. The van der Waals surface area contributed by atoms with Crippen LogP contribution in [0, 0.1) is 0 Å². The summed E-state index contributed by atoms with van der Waals surface area (Å²) in [6.07, 6.45) is 0. The number of carbonyl (C=O) groups is 2. The summed E-state index contributed by atoms with van der Waals surface area (Å²) >= 11 is 0. The molecule has 0 fully saturated rings. The Morgan fingerprint density at radius 3 is 1.78 bits per heavy atom. The van der Waals surface area contributed by atoms with Crippen molar-refractivity contribution in [1.82, 2.24) is 5.32 Å². The first-order chi connectivity index (χ1) is 13.2. The fourth-order valence-corrected chi connectivity index (χ4v) is 2.97. The molecular formula is C23H22N2O2. The lowest BCUT2D eigenvalue weighted by Crippen LogP contribution is -2.23. The van der Waals surface area contributed by atoms with Crippen molar-refractivity contribution in [2.45, 2.75) is 12.8 Å². The fourth-order valence-electron chi connectivity index (χ4n) is 2.97. The zero-order valence-electron chi connectivity index (χ0n) is 15.2. The molecule has 0 unspecified atom stereocenters. The van der Waals surface area contributed by atoms with E-state index in [4.69, 9.17) is 0 Å². The third-order valence-corrected chi connectivity index (χ3v) is 4.28. The summed E-state index contributed by atoms with van der Waals surface area (Å²) in [6.45, 7) is 2.45. The topological polar surface area (TPSA) is 58.2 Å². The molecular weight excluding hydrogens is 336 g/mol. The summed E-state index contributed by atoms with van der Waals surface area (Å²) in [7, 11) is 0. The molecule has 0 aromatic heterocycles. The van der Waals surface area contributed by atoms with Gasteiger partial charge >= 0.3 is 0 Å². The van der Waals surface area contributed by atoms with E-state index in [1.165, 1.54) is 0 Å². The van der Waals surface area contributed by atoms with Crippen LogP contribution in [-0.2, 0) is 4.79 Å². The Morgan fingerprint density at radius 1 is 0.778 bits per heavy atom. The van der Waals surface area contributed by atoms with E-state index in [9.17, 15) is 9.59 Å². The van der Waals surface area contributed by atoms with Gasteiger partial charge in [-0.05, 0) is 42.3 Å². The Morgan fingerprint density at radius 2 is 1.30 bits per heavy atom. The number of carbonyl (C=O) groups excluding carboxylic acids is 2. The van der Waals surface area contributed by atoms with E-state index < -0.39 is 5.92 Å². The normalized spacial score (nSPS) is 10.4. The fraction of sp³-hybridized carbons (Fsp3) is 0.130. The van der Waals surface area contributed by atoms with E-state index in [-0.39, 0.29) is 11.8 Å². The molecule has 27 heavy (non-hydrogen) atoms. The van der Waals surface area contributed by atoms with E-state index in [0.717, 1.165) is 11.1 Å². The van der Waals surface area contributed by atoms with Crippen LogP contribution in [0.2, 0.25) is 0 Å². The van der Waals surface area contributed by atoms with Gasteiger partial charge in [-0.1, -0.05) is 60.7 Å². The highest BCUT2D eigenvalue weighted by atomic mass is 16.2. The molecule has 0 spiro atoms. The number of hydrogen-bond donors (Lipinski definition) is 2. The molecule has 0 atom stereocenters. The van der Waals surface area contributed by atoms with Gasteiger partial charge in [-0.3, -0.25) is 9.59 Å². The van der Waals surface area contributed by atoms with Crippen LogP contribution in [-0.4, -0.2) is 18.4 Å². The molecule has 0 aliphatic carbocycles. The van der Waals surface area contributed by atoms with Gasteiger partial charge in [0, 0.05) is 17.8 Å². The van der Waals surface area contributed by atoms with Gasteiger partial charge in [0.05, 0.1) is 5.92 Å². The van der Waals surface area contributed by atoms with Gasteiger partial charge in [-0.25, -0.2) is 0 Å². The maximum Gasteiger partial charge on any atom is 0.251 e. The van der Waals surface area contributed by atoms with Crippen molar-refractivity contribution in [2.75, 3.05) is 11.9 Å². The van der Waals surface area contributed by atoms with E-state index in [2.05, 4.69) is 10.6 Å². The SMILES string of the molecule is CCNC(=O)c1ccc(NC(=O)C(c2ccccc2)c2ccccc2)cc1. The van der Waals surface area contributed by atoms with Crippen LogP contribution >= 0.6 is 0 Å². The van der Waals surface area contributed by atoms with Crippen LogP contribution in [0.25, 0.3) is 0 Å². The minimum Gasteiger partial charge on any atom is -0.352 e. The summed E-state index contributed by atoms with van der Waals surface area (Å²) in [4.78, 5) is 24.9. The second kappa shape index (κ2) is 8.81. The van der Waals surface area contributed by atoms with Crippen LogP contribution in [0.5, 0.6) is 0 Å². The molecule has 3 rings (SSSR count). The molecule has 2 N–H and O–H groups in total. The highest BCUT2D eigenvalue weighted by Crippen LogP contribution is 2.26. The lowest BCUT2D eigenvalue weighted by atomic mass is 9.90. The van der Waals surface area contributed by atoms with Crippen molar-refractivity contribution >= 4 is 17.5 Å². The molecule has 3 aromatic carbocycles. The first-order valence-electron chi connectivity index (χ1n) is 8.98. The molecule has 136 valence electrons. The van der Waals surface area contributed by atoms with Gasteiger partial charge in [0.15, 0.2) is 0 Å². The second-order valence-electron chi connectivity index (χ2n) is 6.18. The highest BCUT2D eigenvalue weighted by Gasteiger charge is 2.22. The largest absolute Gasteiger partial charge is 0.352 e. The Bertz CT molecular complexity index is 851.